The number of benzene rings is 1. The summed E-state index contributed by atoms with van der Waals surface area (Å²) in [4.78, 5) is 0. The van der Waals surface area contributed by atoms with Crippen molar-refractivity contribution >= 4 is 10.1 Å². The zero-order chi connectivity index (χ0) is 41.5. The van der Waals surface area contributed by atoms with E-state index in [1.165, 1.54) is 167 Å². The van der Waals surface area contributed by atoms with Gasteiger partial charge in [-0.15, -0.1) is 0 Å². The quantitative estimate of drug-likeness (QED) is 0.0537. The zero-order valence-electron chi connectivity index (χ0n) is 38.9. The highest BCUT2D eigenvalue weighted by Crippen LogP contribution is 2.43. The summed E-state index contributed by atoms with van der Waals surface area (Å²) >= 11 is 0. The van der Waals surface area contributed by atoms with Crippen molar-refractivity contribution in [2.75, 3.05) is 6.61 Å². The van der Waals surface area contributed by atoms with Gasteiger partial charge < -0.3 is 5.11 Å². The molecule has 0 radical (unpaired) electrons. The molecule has 330 valence electrons. The highest BCUT2D eigenvalue weighted by molar-refractivity contribution is 7.87. The van der Waals surface area contributed by atoms with Crippen LogP contribution in [0.3, 0.4) is 0 Å². The van der Waals surface area contributed by atoms with Crippen LogP contribution in [-0.4, -0.2) is 20.1 Å². The van der Waals surface area contributed by atoms with E-state index in [4.69, 9.17) is 4.18 Å². The maximum atomic E-state index is 14.0. The minimum Gasteiger partial charge on any atom is -0.507 e. The summed E-state index contributed by atoms with van der Waals surface area (Å²) in [5, 5.41) is 10.7. The molecule has 0 saturated carbocycles. The minimum absolute atomic E-state index is 0.257. The summed E-state index contributed by atoms with van der Waals surface area (Å²) in [7, 11) is -3.84. The number of phenolic OH excluding ortho intramolecular Hbond substituents is 1. The molecule has 0 fully saturated rings. The number of hydrogen-bond acceptors (Lipinski definition) is 4. The summed E-state index contributed by atoms with van der Waals surface area (Å²) in [6.07, 6.45) is 42.0. The monoisotopic (exact) mass is 805 g/mol. The first-order valence-corrected chi connectivity index (χ1v) is 26.0. The Balaban J connectivity index is 2.59. The van der Waals surface area contributed by atoms with E-state index in [9.17, 15) is 13.5 Å². The molecule has 0 saturated heterocycles. The standard InChI is InChI=1S/C51H96O4S/c1-9-11-13-15-17-19-21-23-25-27-29-31-33-35-37-39-41-48(45-43-46(50(3,4)5)49(52)47(44-45)51(6,7)8)56(53,54)55-42-40-38-36-34-32-30-28-26-24-22-20-18-16-14-12-10-2/h43-44,48,52H,9-42H2,1-8H3. The van der Waals surface area contributed by atoms with Crippen molar-refractivity contribution < 1.29 is 17.7 Å². The van der Waals surface area contributed by atoms with Gasteiger partial charge in [0.05, 0.1) is 6.61 Å². The first-order valence-electron chi connectivity index (χ1n) is 24.5. The van der Waals surface area contributed by atoms with Crippen LogP contribution in [0.2, 0.25) is 0 Å². The van der Waals surface area contributed by atoms with E-state index < -0.39 is 15.4 Å². The van der Waals surface area contributed by atoms with Crippen molar-refractivity contribution in [3.63, 3.8) is 0 Å². The molecule has 1 rings (SSSR count). The van der Waals surface area contributed by atoms with Crippen LogP contribution in [0.15, 0.2) is 12.1 Å². The van der Waals surface area contributed by atoms with E-state index in [0.717, 1.165) is 55.2 Å². The Hall–Kier alpha value is -1.07. The molecule has 5 heteroatoms. The molecule has 0 heterocycles. The zero-order valence-corrected chi connectivity index (χ0v) is 39.7. The van der Waals surface area contributed by atoms with Gasteiger partial charge in [-0.3, -0.25) is 4.18 Å². The third-order valence-corrected chi connectivity index (χ3v) is 13.7. The summed E-state index contributed by atoms with van der Waals surface area (Å²) in [5.41, 5.74) is 1.74. The molecule has 0 bridgehead atoms. The first kappa shape index (κ1) is 52.9. The second kappa shape index (κ2) is 31.8. The number of phenols is 1. The maximum Gasteiger partial charge on any atom is 0.274 e. The molecule has 0 aromatic heterocycles. The Labute approximate surface area is 351 Å². The van der Waals surface area contributed by atoms with Crippen LogP contribution in [0.1, 0.15) is 289 Å². The highest BCUT2D eigenvalue weighted by Gasteiger charge is 2.33. The van der Waals surface area contributed by atoms with Crippen molar-refractivity contribution in [3.8, 4) is 5.75 Å². The summed E-state index contributed by atoms with van der Waals surface area (Å²) in [6, 6.07) is 3.91. The number of rotatable bonds is 37. The van der Waals surface area contributed by atoms with Gasteiger partial charge in [-0.1, -0.05) is 267 Å². The predicted molar refractivity (Wildman–Crippen MR) is 247 cm³/mol. The van der Waals surface area contributed by atoms with Gasteiger partial charge in [0.1, 0.15) is 11.0 Å². The van der Waals surface area contributed by atoms with Gasteiger partial charge in [0.2, 0.25) is 0 Å². The predicted octanol–water partition coefficient (Wildman–Crippen LogP) is 17.3. The number of unbranched alkanes of at least 4 members (excludes halogenated alkanes) is 30. The minimum atomic E-state index is -3.84. The summed E-state index contributed by atoms with van der Waals surface area (Å²) < 4.78 is 33.8. The van der Waals surface area contributed by atoms with Gasteiger partial charge in [0, 0.05) is 0 Å². The fraction of sp³-hybridized carbons (Fsp3) is 0.882. The Morgan fingerprint density at radius 2 is 0.732 bits per heavy atom. The Morgan fingerprint density at radius 1 is 0.464 bits per heavy atom. The van der Waals surface area contributed by atoms with Gasteiger partial charge in [0.25, 0.3) is 10.1 Å². The van der Waals surface area contributed by atoms with Gasteiger partial charge in [-0.2, -0.15) is 8.42 Å². The second-order valence-electron chi connectivity index (χ2n) is 19.7. The summed E-state index contributed by atoms with van der Waals surface area (Å²) in [5.74, 6) is 0.293. The smallest absolute Gasteiger partial charge is 0.274 e. The van der Waals surface area contributed by atoms with Crippen molar-refractivity contribution in [1.29, 1.82) is 0 Å². The van der Waals surface area contributed by atoms with Gasteiger partial charge >= 0.3 is 0 Å². The molecular weight excluding hydrogens is 709 g/mol. The molecule has 0 aliphatic rings. The SMILES string of the molecule is CCCCCCCCCCCCCCCCCCOS(=O)(=O)C(CCCCCCCCCCCCCCCCCC)c1cc(C(C)(C)C)c(O)c(C(C)(C)C)c1. The van der Waals surface area contributed by atoms with Crippen LogP contribution in [0.4, 0.5) is 0 Å². The van der Waals surface area contributed by atoms with E-state index in [-0.39, 0.29) is 17.4 Å². The molecule has 1 aromatic carbocycles. The third kappa shape index (κ3) is 25.4. The van der Waals surface area contributed by atoms with Crippen molar-refractivity contribution in [3.05, 3.63) is 28.8 Å². The van der Waals surface area contributed by atoms with Crippen LogP contribution in [0.5, 0.6) is 5.75 Å². The topological polar surface area (TPSA) is 63.6 Å². The average Bonchev–Trinajstić information content (AvgIpc) is 3.13. The van der Waals surface area contributed by atoms with E-state index >= 15 is 0 Å². The molecule has 0 aliphatic heterocycles. The Kier molecular flexibility index (Phi) is 30.1. The molecule has 0 spiro atoms. The Bertz CT molecular complexity index is 1140. The normalized spacial score (nSPS) is 13.1. The average molecular weight is 805 g/mol. The van der Waals surface area contributed by atoms with Crippen LogP contribution < -0.4 is 0 Å². The lowest BCUT2D eigenvalue weighted by Gasteiger charge is -2.30. The van der Waals surface area contributed by atoms with Crippen LogP contribution in [0.25, 0.3) is 0 Å². The van der Waals surface area contributed by atoms with Crippen molar-refractivity contribution in [2.24, 2.45) is 0 Å². The second-order valence-corrected chi connectivity index (χ2v) is 21.5. The van der Waals surface area contributed by atoms with E-state index in [2.05, 4.69) is 55.4 Å². The summed E-state index contributed by atoms with van der Waals surface area (Å²) in [6.45, 7) is 17.4. The van der Waals surface area contributed by atoms with E-state index in [0.29, 0.717) is 12.2 Å². The Morgan fingerprint density at radius 3 is 1.02 bits per heavy atom. The molecule has 1 atom stereocenters. The van der Waals surface area contributed by atoms with E-state index in [1.54, 1.807) is 0 Å². The number of aromatic hydroxyl groups is 1. The molecule has 1 aromatic rings. The molecule has 0 aliphatic carbocycles. The lowest BCUT2D eigenvalue weighted by atomic mass is 9.78. The molecule has 56 heavy (non-hydrogen) atoms. The van der Waals surface area contributed by atoms with Crippen LogP contribution >= 0.6 is 0 Å². The first-order chi connectivity index (χ1) is 26.8. The fourth-order valence-electron chi connectivity index (χ4n) is 8.25. The lowest BCUT2D eigenvalue weighted by Crippen LogP contribution is -2.22. The third-order valence-electron chi connectivity index (χ3n) is 12.0. The largest absolute Gasteiger partial charge is 0.507 e. The maximum absolute atomic E-state index is 14.0. The molecular formula is C51H96O4S. The highest BCUT2D eigenvalue weighted by atomic mass is 32.2. The molecule has 1 N–H and O–H groups in total. The molecule has 4 nitrogen and oxygen atoms in total. The fourth-order valence-corrected chi connectivity index (χ4v) is 9.69. The lowest BCUT2D eigenvalue weighted by molar-refractivity contribution is 0.298. The van der Waals surface area contributed by atoms with E-state index in [1.807, 2.05) is 12.1 Å². The van der Waals surface area contributed by atoms with Gasteiger partial charge in [-0.25, -0.2) is 0 Å². The van der Waals surface area contributed by atoms with Crippen LogP contribution in [-0.2, 0) is 25.1 Å². The van der Waals surface area contributed by atoms with Crippen LogP contribution in [0, 0.1) is 0 Å². The molecule has 0 amide bonds. The molecule has 1 unspecified atom stereocenters. The number of hydrogen-bond donors (Lipinski definition) is 1. The van der Waals surface area contributed by atoms with Gasteiger partial charge in [0.15, 0.2) is 0 Å². The van der Waals surface area contributed by atoms with Gasteiger partial charge in [-0.05, 0) is 40.4 Å². The van der Waals surface area contributed by atoms with Crippen molar-refractivity contribution in [1.82, 2.24) is 0 Å². The van der Waals surface area contributed by atoms with Crippen molar-refractivity contribution in [2.45, 2.75) is 283 Å².